The molecule has 0 saturated heterocycles. The van der Waals surface area contributed by atoms with Gasteiger partial charge in [0, 0.05) is 5.38 Å². The summed E-state index contributed by atoms with van der Waals surface area (Å²) in [7, 11) is 0. The van der Waals surface area contributed by atoms with E-state index >= 15 is 0 Å². The second-order valence-corrected chi connectivity index (χ2v) is 2.89. The smallest absolute Gasteiger partial charge is 0.124 e. The van der Waals surface area contributed by atoms with E-state index in [1.807, 2.05) is 12.3 Å². The average Bonchev–Trinajstić information content (AvgIpc) is 2.34. The molecule has 0 amide bonds. The minimum absolute atomic E-state index is 0.00731. The van der Waals surface area contributed by atoms with E-state index < -0.39 is 0 Å². The molecule has 0 spiro atoms. The van der Waals surface area contributed by atoms with Crippen LogP contribution >= 0.6 is 11.3 Å². The molecular weight excluding hydrogens is 144 g/mol. The molecule has 0 bridgehead atoms. The molecule has 0 aliphatic heterocycles. The van der Waals surface area contributed by atoms with Crippen molar-refractivity contribution in [3.63, 3.8) is 0 Å². The Morgan fingerprint density at radius 2 is 2.60 bits per heavy atom. The zero-order valence-electron chi connectivity index (χ0n) is 5.66. The number of hydrogen-bond donors (Lipinski definition) is 1. The van der Waals surface area contributed by atoms with E-state index in [9.17, 15) is 0 Å². The highest BCUT2D eigenvalue weighted by Crippen LogP contribution is 2.14. The van der Waals surface area contributed by atoms with Crippen LogP contribution in [0.25, 0.3) is 0 Å². The number of nitrogens with zero attached hydrogens (tertiary/aromatic N) is 1. The number of thiazole rings is 1. The molecule has 2 N–H and O–H groups in total. The molecule has 0 aliphatic rings. The van der Waals surface area contributed by atoms with Crippen LogP contribution in [0, 0.1) is 12.3 Å². The molecule has 1 aromatic rings. The lowest BCUT2D eigenvalue weighted by Crippen LogP contribution is -2.03. The number of terminal acetylenes is 1. The van der Waals surface area contributed by atoms with Crippen molar-refractivity contribution in [3.05, 3.63) is 16.1 Å². The normalized spacial score (nSPS) is 12.5. The Hall–Kier alpha value is -0.850. The van der Waals surface area contributed by atoms with Gasteiger partial charge in [-0.05, 0) is 12.8 Å². The van der Waals surface area contributed by atoms with Crippen LogP contribution in [0.5, 0.6) is 0 Å². The van der Waals surface area contributed by atoms with Gasteiger partial charge in [-0.15, -0.1) is 17.8 Å². The molecule has 0 aliphatic carbocycles. The van der Waals surface area contributed by atoms with Gasteiger partial charge in [-0.3, -0.25) is 0 Å². The molecular formula is C7H8N2S. The SMILES string of the molecule is C#Cc1csc(C(C)N)n1. The van der Waals surface area contributed by atoms with Gasteiger partial charge in [0.15, 0.2) is 0 Å². The van der Waals surface area contributed by atoms with Crippen LogP contribution in [-0.2, 0) is 0 Å². The molecule has 3 heteroatoms. The third-order valence-electron chi connectivity index (χ3n) is 1.06. The first-order valence-corrected chi connectivity index (χ1v) is 3.79. The summed E-state index contributed by atoms with van der Waals surface area (Å²) in [6, 6.07) is -0.00731. The Bertz CT molecular complexity index is 257. The van der Waals surface area contributed by atoms with Crippen LogP contribution in [0.4, 0.5) is 0 Å². The standard InChI is InChI=1S/C7H8N2S/c1-3-6-4-10-7(9-6)5(2)8/h1,4-5H,8H2,2H3. The fourth-order valence-electron chi connectivity index (χ4n) is 0.563. The van der Waals surface area contributed by atoms with Crippen LogP contribution < -0.4 is 5.73 Å². The fourth-order valence-corrected chi connectivity index (χ4v) is 1.28. The van der Waals surface area contributed by atoms with E-state index in [0.29, 0.717) is 5.69 Å². The van der Waals surface area contributed by atoms with E-state index in [1.165, 1.54) is 11.3 Å². The Morgan fingerprint density at radius 3 is 2.90 bits per heavy atom. The molecule has 1 unspecified atom stereocenters. The van der Waals surface area contributed by atoms with Crippen LogP contribution in [0.3, 0.4) is 0 Å². The van der Waals surface area contributed by atoms with Gasteiger partial charge in [0.05, 0.1) is 6.04 Å². The first-order chi connectivity index (χ1) is 4.74. The van der Waals surface area contributed by atoms with E-state index in [0.717, 1.165) is 5.01 Å². The van der Waals surface area contributed by atoms with Crippen molar-refractivity contribution >= 4 is 11.3 Å². The third kappa shape index (κ3) is 1.35. The van der Waals surface area contributed by atoms with Crippen molar-refractivity contribution in [2.24, 2.45) is 5.73 Å². The van der Waals surface area contributed by atoms with Crippen LogP contribution in [0.2, 0.25) is 0 Å². The Balaban J connectivity index is 2.91. The van der Waals surface area contributed by atoms with Crippen molar-refractivity contribution in [3.8, 4) is 12.3 Å². The number of rotatable bonds is 1. The highest BCUT2D eigenvalue weighted by Gasteiger charge is 2.02. The van der Waals surface area contributed by atoms with E-state index in [2.05, 4.69) is 10.9 Å². The summed E-state index contributed by atoms with van der Waals surface area (Å²) in [5, 5.41) is 2.73. The highest BCUT2D eigenvalue weighted by molar-refractivity contribution is 7.09. The van der Waals surface area contributed by atoms with Crippen LogP contribution in [0.1, 0.15) is 23.7 Å². The second kappa shape index (κ2) is 2.82. The minimum atomic E-state index is -0.00731. The molecule has 1 atom stereocenters. The summed E-state index contributed by atoms with van der Waals surface area (Å²) in [5.41, 5.74) is 6.24. The van der Waals surface area contributed by atoms with Gasteiger partial charge < -0.3 is 5.73 Å². The molecule has 0 aromatic carbocycles. The second-order valence-electron chi connectivity index (χ2n) is 2.00. The van der Waals surface area contributed by atoms with Gasteiger partial charge in [-0.2, -0.15) is 0 Å². The number of nitrogens with two attached hydrogens (primary N) is 1. The van der Waals surface area contributed by atoms with Gasteiger partial charge in [-0.1, -0.05) is 0 Å². The zero-order chi connectivity index (χ0) is 7.56. The predicted octanol–water partition coefficient (Wildman–Crippen LogP) is 1.14. The lowest BCUT2D eigenvalue weighted by molar-refractivity contribution is 0.805. The molecule has 1 aromatic heterocycles. The van der Waals surface area contributed by atoms with Gasteiger partial charge in [0.1, 0.15) is 10.7 Å². The lowest BCUT2D eigenvalue weighted by atomic mass is 10.4. The van der Waals surface area contributed by atoms with Gasteiger partial charge >= 0.3 is 0 Å². The summed E-state index contributed by atoms with van der Waals surface area (Å²) in [6.45, 7) is 1.89. The molecule has 52 valence electrons. The van der Waals surface area contributed by atoms with Crippen molar-refractivity contribution in [2.75, 3.05) is 0 Å². The fraction of sp³-hybridized carbons (Fsp3) is 0.286. The van der Waals surface area contributed by atoms with Gasteiger partial charge in [-0.25, -0.2) is 4.98 Å². The van der Waals surface area contributed by atoms with Crippen LogP contribution in [-0.4, -0.2) is 4.98 Å². The number of aromatic nitrogens is 1. The van der Waals surface area contributed by atoms with Crippen molar-refractivity contribution in [1.82, 2.24) is 4.98 Å². The van der Waals surface area contributed by atoms with Gasteiger partial charge in [0.2, 0.25) is 0 Å². The van der Waals surface area contributed by atoms with Crippen LogP contribution in [0.15, 0.2) is 5.38 Å². The monoisotopic (exact) mass is 152 g/mol. The first-order valence-electron chi connectivity index (χ1n) is 2.91. The number of hydrogen-bond acceptors (Lipinski definition) is 3. The molecule has 10 heavy (non-hydrogen) atoms. The summed E-state index contributed by atoms with van der Waals surface area (Å²) in [4.78, 5) is 4.09. The highest BCUT2D eigenvalue weighted by atomic mass is 32.1. The first kappa shape index (κ1) is 7.26. The predicted molar refractivity (Wildman–Crippen MR) is 42.7 cm³/mol. The molecule has 2 nitrogen and oxygen atoms in total. The largest absolute Gasteiger partial charge is 0.322 e. The van der Waals surface area contributed by atoms with Crippen molar-refractivity contribution < 1.29 is 0 Å². The topological polar surface area (TPSA) is 38.9 Å². The summed E-state index contributed by atoms with van der Waals surface area (Å²) < 4.78 is 0. The average molecular weight is 152 g/mol. The Morgan fingerprint density at radius 1 is 1.90 bits per heavy atom. The van der Waals surface area contributed by atoms with E-state index in [4.69, 9.17) is 12.2 Å². The summed E-state index contributed by atoms with van der Waals surface area (Å²) in [5.74, 6) is 2.45. The minimum Gasteiger partial charge on any atom is -0.322 e. The zero-order valence-corrected chi connectivity index (χ0v) is 6.48. The summed E-state index contributed by atoms with van der Waals surface area (Å²) >= 11 is 1.50. The lowest BCUT2D eigenvalue weighted by Gasteiger charge is -1.95. The Labute approximate surface area is 64.1 Å². The van der Waals surface area contributed by atoms with Crippen molar-refractivity contribution in [2.45, 2.75) is 13.0 Å². The maximum Gasteiger partial charge on any atom is 0.124 e. The van der Waals surface area contributed by atoms with E-state index in [-0.39, 0.29) is 6.04 Å². The van der Waals surface area contributed by atoms with Gasteiger partial charge in [0.25, 0.3) is 0 Å². The molecule has 1 heterocycles. The molecule has 0 radical (unpaired) electrons. The Kier molecular flexibility index (Phi) is 2.05. The third-order valence-corrected chi connectivity index (χ3v) is 2.11. The molecule has 0 saturated carbocycles. The molecule has 1 rings (SSSR count). The van der Waals surface area contributed by atoms with E-state index in [1.54, 1.807) is 0 Å². The maximum absolute atomic E-state index is 5.56. The van der Waals surface area contributed by atoms with Crippen molar-refractivity contribution in [1.29, 1.82) is 0 Å². The summed E-state index contributed by atoms with van der Waals surface area (Å²) in [6.07, 6.45) is 5.12. The quantitative estimate of drug-likeness (QED) is 0.613. The molecule has 0 fully saturated rings. The maximum atomic E-state index is 5.56.